The molecular weight excluding hydrogens is 458 g/mol. The molecule has 1 aliphatic rings. The summed E-state index contributed by atoms with van der Waals surface area (Å²) >= 11 is 5.99. The van der Waals surface area contributed by atoms with Gasteiger partial charge in [-0.05, 0) is 49.7 Å². The van der Waals surface area contributed by atoms with Crippen LogP contribution in [-0.2, 0) is 11.2 Å². The van der Waals surface area contributed by atoms with Crippen LogP contribution in [0.5, 0.6) is 11.5 Å². The zero-order chi connectivity index (χ0) is 24.2. The Morgan fingerprint density at radius 2 is 1.94 bits per heavy atom. The third-order valence-electron chi connectivity index (χ3n) is 5.67. The highest BCUT2D eigenvalue weighted by atomic mass is 35.5. The molecule has 0 saturated heterocycles. The molecular formula is C24H26ClN5O4. The maximum atomic E-state index is 13.6. The number of rotatable bonds is 8. The number of aryl methyl sites for hydroxylation is 1. The summed E-state index contributed by atoms with van der Waals surface area (Å²) < 4.78 is 12.7. The summed E-state index contributed by atoms with van der Waals surface area (Å²) in [6.07, 6.45) is 1.03. The van der Waals surface area contributed by atoms with Crippen molar-refractivity contribution in [2.45, 2.75) is 25.8 Å². The van der Waals surface area contributed by atoms with Gasteiger partial charge in [-0.15, -0.1) is 0 Å². The van der Waals surface area contributed by atoms with E-state index >= 15 is 0 Å². The second-order valence-electron chi connectivity index (χ2n) is 7.88. The Bertz CT molecular complexity index is 1210. The van der Waals surface area contributed by atoms with Crippen molar-refractivity contribution in [1.29, 1.82) is 0 Å². The number of ether oxygens (including phenoxy) is 2. The maximum absolute atomic E-state index is 13.6. The number of aliphatic imine (C=N–C) groups is 1. The number of carbonyl (C=O) groups excluding carboxylic acids is 1. The van der Waals surface area contributed by atoms with Crippen LogP contribution >= 0.6 is 11.6 Å². The second kappa shape index (κ2) is 10.2. The quantitative estimate of drug-likeness (QED) is 0.504. The highest BCUT2D eigenvalue weighted by Crippen LogP contribution is 2.41. The molecule has 0 radical (unpaired) electrons. The van der Waals surface area contributed by atoms with Gasteiger partial charge in [-0.2, -0.15) is 10.1 Å². The van der Waals surface area contributed by atoms with Crippen LogP contribution in [0.25, 0.3) is 0 Å². The average molecular weight is 484 g/mol. The minimum Gasteiger partial charge on any atom is -0.497 e. The van der Waals surface area contributed by atoms with Crippen molar-refractivity contribution < 1.29 is 19.4 Å². The van der Waals surface area contributed by atoms with Gasteiger partial charge in [0.15, 0.2) is 5.82 Å². The van der Waals surface area contributed by atoms with Gasteiger partial charge in [-0.1, -0.05) is 11.6 Å². The van der Waals surface area contributed by atoms with Gasteiger partial charge in [0.25, 0.3) is 0 Å². The van der Waals surface area contributed by atoms with E-state index in [0.717, 1.165) is 5.56 Å². The fraction of sp³-hybridized carbons (Fsp3) is 0.333. The van der Waals surface area contributed by atoms with Crippen LogP contribution in [0.15, 0.2) is 47.5 Å². The molecule has 0 aliphatic carbocycles. The Kier molecular flexibility index (Phi) is 7.14. The summed E-state index contributed by atoms with van der Waals surface area (Å²) in [5.74, 6) is 1.22. The van der Waals surface area contributed by atoms with Crippen LogP contribution < -0.4 is 14.8 Å². The number of halogens is 1. The second-order valence-corrected chi connectivity index (χ2v) is 8.32. The first-order valence-corrected chi connectivity index (χ1v) is 11.2. The molecule has 4 rings (SSSR count). The first-order valence-electron chi connectivity index (χ1n) is 10.8. The van der Waals surface area contributed by atoms with E-state index in [-0.39, 0.29) is 12.5 Å². The van der Waals surface area contributed by atoms with Crippen molar-refractivity contribution >= 4 is 34.9 Å². The van der Waals surface area contributed by atoms with Crippen LogP contribution in [0.2, 0.25) is 5.02 Å². The maximum Gasteiger partial charge on any atom is 0.248 e. The Labute approximate surface area is 202 Å². The van der Waals surface area contributed by atoms with Crippen LogP contribution in [0.4, 0.5) is 11.6 Å². The first-order chi connectivity index (χ1) is 16.4. The summed E-state index contributed by atoms with van der Waals surface area (Å²) in [6.45, 7) is 1.84. The van der Waals surface area contributed by atoms with E-state index in [4.69, 9.17) is 21.1 Å². The summed E-state index contributed by atoms with van der Waals surface area (Å²) in [5, 5.41) is 17.4. The van der Waals surface area contributed by atoms with E-state index in [0.29, 0.717) is 52.5 Å². The number of anilines is 1. The molecule has 9 nitrogen and oxygen atoms in total. The summed E-state index contributed by atoms with van der Waals surface area (Å²) in [6, 6.07) is 11.8. The molecule has 1 aliphatic heterocycles. The lowest BCUT2D eigenvalue weighted by Crippen LogP contribution is -2.39. The molecule has 2 atom stereocenters. The number of methoxy groups -OCH3 is 2. The third-order valence-corrected chi connectivity index (χ3v) is 5.93. The lowest BCUT2D eigenvalue weighted by atomic mass is 9.87. The molecule has 1 amide bonds. The van der Waals surface area contributed by atoms with E-state index in [1.54, 1.807) is 56.2 Å². The van der Waals surface area contributed by atoms with Gasteiger partial charge in [0.1, 0.15) is 23.5 Å². The molecule has 2 aromatic carbocycles. The van der Waals surface area contributed by atoms with Gasteiger partial charge in [-0.3, -0.25) is 4.79 Å². The molecule has 34 heavy (non-hydrogen) atoms. The minimum atomic E-state index is -0.683. The number of hydrogen-bond acceptors (Lipinski definition) is 7. The van der Waals surface area contributed by atoms with E-state index < -0.39 is 12.0 Å². The molecule has 10 heteroatoms. The van der Waals surface area contributed by atoms with Crippen molar-refractivity contribution in [1.82, 2.24) is 14.8 Å². The number of nitrogens with zero attached hydrogens (tertiary/aromatic N) is 4. The Morgan fingerprint density at radius 3 is 2.62 bits per heavy atom. The number of carbonyl (C=O) groups is 1. The predicted octanol–water partition coefficient (Wildman–Crippen LogP) is 3.82. The molecule has 2 heterocycles. The van der Waals surface area contributed by atoms with Gasteiger partial charge in [-0.25, -0.2) is 9.67 Å². The van der Waals surface area contributed by atoms with Crippen molar-refractivity contribution in [2.24, 2.45) is 10.9 Å². The number of aromatic nitrogens is 3. The molecule has 2 unspecified atom stereocenters. The van der Waals surface area contributed by atoms with Gasteiger partial charge in [0.2, 0.25) is 11.9 Å². The number of hydrogen-bond donors (Lipinski definition) is 2. The monoisotopic (exact) mass is 483 g/mol. The van der Waals surface area contributed by atoms with Gasteiger partial charge < -0.3 is 19.9 Å². The van der Waals surface area contributed by atoms with Crippen LogP contribution in [0, 0.1) is 5.92 Å². The first kappa shape index (κ1) is 23.7. The number of nitrogens with one attached hydrogen (secondary N) is 1. The van der Waals surface area contributed by atoms with E-state index in [1.807, 2.05) is 12.1 Å². The molecule has 178 valence electrons. The largest absolute Gasteiger partial charge is 0.497 e. The molecule has 0 spiro atoms. The fourth-order valence-electron chi connectivity index (χ4n) is 4.02. The topological polar surface area (TPSA) is 111 Å². The van der Waals surface area contributed by atoms with Crippen LogP contribution in [0.1, 0.15) is 30.8 Å². The molecule has 0 fully saturated rings. The lowest BCUT2D eigenvalue weighted by Gasteiger charge is -2.31. The minimum absolute atomic E-state index is 0.0357. The smallest absolute Gasteiger partial charge is 0.248 e. The SMILES string of the molecule is COc1ccc(C2C(C(=O)Nc3ccc(Cl)cc3)C(C)=Nc3nc(CCCO)nn32)c(OC)c1. The van der Waals surface area contributed by atoms with E-state index in [2.05, 4.69) is 20.4 Å². The summed E-state index contributed by atoms with van der Waals surface area (Å²) in [4.78, 5) is 22.7. The summed E-state index contributed by atoms with van der Waals surface area (Å²) in [5.41, 5.74) is 1.97. The predicted molar refractivity (Wildman–Crippen MR) is 129 cm³/mol. The third kappa shape index (κ3) is 4.76. The Morgan fingerprint density at radius 1 is 1.18 bits per heavy atom. The highest BCUT2D eigenvalue weighted by molar-refractivity contribution is 6.30. The summed E-state index contributed by atoms with van der Waals surface area (Å²) in [7, 11) is 3.15. The Balaban J connectivity index is 1.80. The van der Waals surface area contributed by atoms with Crippen molar-refractivity contribution in [3.8, 4) is 11.5 Å². The lowest BCUT2D eigenvalue weighted by molar-refractivity contribution is -0.118. The normalized spacial score (nSPS) is 17.0. The van der Waals surface area contributed by atoms with Crippen LogP contribution in [0.3, 0.4) is 0 Å². The highest BCUT2D eigenvalue weighted by Gasteiger charge is 2.40. The van der Waals surface area contributed by atoms with E-state index in [9.17, 15) is 9.90 Å². The number of benzene rings is 2. The molecule has 0 saturated carbocycles. The zero-order valence-electron chi connectivity index (χ0n) is 19.2. The van der Waals surface area contributed by atoms with Crippen molar-refractivity contribution in [3.05, 3.63) is 58.9 Å². The number of fused-ring (bicyclic) bond motifs is 1. The molecule has 0 bridgehead atoms. The molecule has 2 N–H and O–H groups in total. The molecule has 3 aromatic rings. The zero-order valence-corrected chi connectivity index (χ0v) is 19.9. The van der Waals surface area contributed by atoms with E-state index in [1.165, 1.54) is 0 Å². The molecule has 1 aromatic heterocycles. The van der Waals surface area contributed by atoms with Gasteiger partial charge in [0, 0.05) is 41.1 Å². The van der Waals surface area contributed by atoms with Gasteiger partial charge >= 0.3 is 0 Å². The standard InChI is InChI=1S/C24H26ClN5O4/c1-14-21(23(32)27-16-8-6-15(25)7-9-16)22(18-11-10-17(33-2)13-19(18)34-3)30-24(26-14)28-20(29-30)5-4-12-31/h6-11,13,21-22,31H,4-5,12H2,1-3H3,(H,27,32). The number of aliphatic hydroxyl groups excluding tert-OH is 1. The Hall–Kier alpha value is -3.43. The van der Waals surface area contributed by atoms with Crippen molar-refractivity contribution in [3.63, 3.8) is 0 Å². The van der Waals surface area contributed by atoms with Crippen molar-refractivity contribution in [2.75, 3.05) is 26.1 Å². The fourth-order valence-corrected chi connectivity index (χ4v) is 4.15. The van der Waals surface area contributed by atoms with Crippen LogP contribution in [-0.4, -0.2) is 52.3 Å². The average Bonchev–Trinajstić information content (AvgIpc) is 3.25. The van der Waals surface area contributed by atoms with Gasteiger partial charge in [0.05, 0.1) is 14.2 Å². The number of aliphatic hydroxyl groups is 1. The number of amides is 1.